The maximum Gasteiger partial charge on any atom is 0.234 e. The fraction of sp³-hybridized carbons (Fsp3) is 0.100. The van der Waals surface area contributed by atoms with Crippen molar-refractivity contribution in [1.29, 1.82) is 0 Å². The molecule has 0 N–H and O–H groups in total. The molecule has 0 aliphatic heterocycles. The zero-order valence-electron chi connectivity index (χ0n) is 15.2. The number of sulfone groups is 1. The van der Waals surface area contributed by atoms with Gasteiger partial charge in [0.05, 0.1) is 10.6 Å². The molecule has 9 heteroatoms. The Morgan fingerprint density at radius 1 is 1.03 bits per heavy atom. The predicted octanol–water partition coefficient (Wildman–Crippen LogP) is 3.66. The molecule has 148 valence electrons. The SMILES string of the molecule is CS(=O)(=O)c1cc(F)ccc1-c1cnc2nc(COc3ccc(F)cc3)cn2c1. The van der Waals surface area contributed by atoms with Crippen LogP contribution in [0, 0.1) is 11.6 Å². The van der Waals surface area contributed by atoms with E-state index < -0.39 is 15.7 Å². The number of hydrogen-bond acceptors (Lipinski definition) is 5. The monoisotopic (exact) mass is 415 g/mol. The average molecular weight is 415 g/mol. The maximum absolute atomic E-state index is 13.6. The summed E-state index contributed by atoms with van der Waals surface area (Å²) in [5.74, 6) is -0.0854. The van der Waals surface area contributed by atoms with Gasteiger partial charge in [0.2, 0.25) is 5.78 Å². The van der Waals surface area contributed by atoms with E-state index in [-0.39, 0.29) is 17.3 Å². The van der Waals surface area contributed by atoms with Crippen molar-refractivity contribution in [2.75, 3.05) is 6.26 Å². The van der Waals surface area contributed by atoms with Crippen LogP contribution in [0.3, 0.4) is 0 Å². The van der Waals surface area contributed by atoms with Crippen LogP contribution in [-0.4, -0.2) is 29.0 Å². The Balaban J connectivity index is 1.65. The molecule has 6 nitrogen and oxygen atoms in total. The number of rotatable bonds is 5. The largest absolute Gasteiger partial charge is 0.487 e. The van der Waals surface area contributed by atoms with Gasteiger partial charge < -0.3 is 4.74 Å². The van der Waals surface area contributed by atoms with Crippen molar-refractivity contribution >= 4 is 15.6 Å². The van der Waals surface area contributed by atoms with E-state index in [4.69, 9.17) is 4.74 Å². The van der Waals surface area contributed by atoms with E-state index in [1.807, 2.05) is 0 Å². The van der Waals surface area contributed by atoms with Crippen molar-refractivity contribution in [2.45, 2.75) is 11.5 Å². The lowest BCUT2D eigenvalue weighted by Crippen LogP contribution is -2.01. The Labute approximate surface area is 165 Å². The van der Waals surface area contributed by atoms with Crippen LogP contribution in [0.4, 0.5) is 8.78 Å². The molecule has 0 saturated heterocycles. The molecule has 0 fully saturated rings. The van der Waals surface area contributed by atoms with Crippen LogP contribution < -0.4 is 4.74 Å². The summed E-state index contributed by atoms with van der Waals surface area (Å²) in [5, 5.41) is 0. The molecular formula is C20H15F2N3O3S. The smallest absolute Gasteiger partial charge is 0.234 e. The molecule has 0 amide bonds. The third kappa shape index (κ3) is 4.09. The molecule has 2 heterocycles. The molecule has 0 unspecified atom stereocenters. The predicted molar refractivity (Wildman–Crippen MR) is 102 cm³/mol. The van der Waals surface area contributed by atoms with Crippen LogP contribution in [0.5, 0.6) is 5.75 Å². The van der Waals surface area contributed by atoms with Crippen molar-refractivity contribution in [2.24, 2.45) is 0 Å². The number of fused-ring (bicyclic) bond motifs is 1. The van der Waals surface area contributed by atoms with Gasteiger partial charge in [-0.15, -0.1) is 0 Å². The van der Waals surface area contributed by atoms with Gasteiger partial charge in [-0.1, -0.05) is 6.07 Å². The topological polar surface area (TPSA) is 73.6 Å². The van der Waals surface area contributed by atoms with Gasteiger partial charge in [0.25, 0.3) is 0 Å². The van der Waals surface area contributed by atoms with Gasteiger partial charge in [0.1, 0.15) is 24.0 Å². The van der Waals surface area contributed by atoms with E-state index in [9.17, 15) is 17.2 Å². The van der Waals surface area contributed by atoms with Gasteiger partial charge >= 0.3 is 0 Å². The quantitative estimate of drug-likeness (QED) is 0.497. The summed E-state index contributed by atoms with van der Waals surface area (Å²) >= 11 is 0. The summed E-state index contributed by atoms with van der Waals surface area (Å²) in [4.78, 5) is 8.48. The first-order valence-electron chi connectivity index (χ1n) is 8.51. The molecule has 0 atom stereocenters. The molecule has 0 bridgehead atoms. The Bertz CT molecular complexity index is 1300. The lowest BCUT2D eigenvalue weighted by molar-refractivity contribution is 0.301. The molecule has 0 saturated carbocycles. The van der Waals surface area contributed by atoms with Gasteiger partial charge in [0, 0.05) is 36.0 Å². The summed E-state index contributed by atoms with van der Waals surface area (Å²) in [6, 6.07) is 9.23. The average Bonchev–Trinajstić information content (AvgIpc) is 3.09. The fourth-order valence-corrected chi connectivity index (χ4v) is 3.78. The summed E-state index contributed by atoms with van der Waals surface area (Å²) < 4.78 is 57.8. The van der Waals surface area contributed by atoms with E-state index in [2.05, 4.69) is 9.97 Å². The second-order valence-electron chi connectivity index (χ2n) is 6.44. The number of aromatic nitrogens is 3. The molecule has 0 aliphatic rings. The van der Waals surface area contributed by atoms with Crippen LogP contribution in [-0.2, 0) is 16.4 Å². The Hall–Kier alpha value is -3.33. The molecule has 4 aromatic rings. The van der Waals surface area contributed by atoms with Gasteiger partial charge in [-0.2, -0.15) is 0 Å². The second-order valence-corrected chi connectivity index (χ2v) is 8.42. The lowest BCUT2D eigenvalue weighted by Gasteiger charge is -2.08. The minimum absolute atomic E-state index is 0.112. The van der Waals surface area contributed by atoms with E-state index in [0.717, 1.165) is 12.3 Å². The molecule has 0 aliphatic carbocycles. The molecular weight excluding hydrogens is 400 g/mol. The highest BCUT2D eigenvalue weighted by atomic mass is 32.2. The Morgan fingerprint density at radius 2 is 1.76 bits per heavy atom. The van der Waals surface area contributed by atoms with Crippen LogP contribution in [0.25, 0.3) is 16.9 Å². The molecule has 29 heavy (non-hydrogen) atoms. The third-order valence-electron chi connectivity index (χ3n) is 4.21. The van der Waals surface area contributed by atoms with E-state index in [1.165, 1.54) is 42.6 Å². The van der Waals surface area contributed by atoms with Crippen molar-refractivity contribution in [3.8, 4) is 16.9 Å². The summed E-state index contributed by atoms with van der Waals surface area (Å²) in [5.41, 5.74) is 1.43. The van der Waals surface area contributed by atoms with Crippen LogP contribution in [0.15, 0.2) is 66.0 Å². The highest BCUT2D eigenvalue weighted by molar-refractivity contribution is 7.90. The third-order valence-corrected chi connectivity index (χ3v) is 5.35. The minimum Gasteiger partial charge on any atom is -0.487 e. The molecule has 2 aromatic heterocycles. The molecule has 0 spiro atoms. The summed E-state index contributed by atoms with van der Waals surface area (Å²) in [6.07, 6.45) is 5.87. The summed E-state index contributed by atoms with van der Waals surface area (Å²) in [6.45, 7) is 0.148. The van der Waals surface area contributed by atoms with Crippen molar-refractivity contribution in [3.05, 3.63) is 78.4 Å². The minimum atomic E-state index is -3.63. The first-order chi connectivity index (χ1) is 13.8. The van der Waals surface area contributed by atoms with Crippen LogP contribution in [0.2, 0.25) is 0 Å². The van der Waals surface area contributed by atoms with Gasteiger partial charge in [0.15, 0.2) is 9.84 Å². The van der Waals surface area contributed by atoms with E-state index in [0.29, 0.717) is 28.3 Å². The van der Waals surface area contributed by atoms with Crippen LogP contribution >= 0.6 is 0 Å². The van der Waals surface area contributed by atoms with Gasteiger partial charge in [-0.05, 0) is 36.4 Å². The van der Waals surface area contributed by atoms with Crippen molar-refractivity contribution in [3.63, 3.8) is 0 Å². The van der Waals surface area contributed by atoms with E-state index >= 15 is 0 Å². The van der Waals surface area contributed by atoms with Crippen molar-refractivity contribution in [1.82, 2.24) is 14.4 Å². The molecule has 0 radical (unpaired) electrons. The number of ether oxygens (including phenoxy) is 1. The first kappa shape index (κ1) is 19.0. The van der Waals surface area contributed by atoms with Gasteiger partial charge in [-0.3, -0.25) is 4.40 Å². The van der Waals surface area contributed by atoms with Crippen LogP contribution in [0.1, 0.15) is 5.69 Å². The number of benzene rings is 2. The van der Waals surface area contributed by atoms with E-state index in [1.54, 1.807) is 16.8 Å². The highest BCUT2D eigenvalue weighted by Crippen LogP contribution is 2.28. The zero-order valence-corrected chi connectivity index (χ0v) is 16.0. The number of hydrogen-bond donors (Lipinski definition) is 0. The van der Waals surface area contributed by atoms with Crippen molar-refractivity contribution < 1.29 is 21.9 Å². The zero-order chi connectivity index (χ0) is 20.6. The number of nitrogens with zero attached hydrogens (tertiary/aromatic N) is 3. The lowest BCUT2D eigenvalue weighted by atomic mass is 10.1. The highest BCUT2D eigenvalue weighted by Gasteiger charge is 2.17. The number of imidazole rings is 1. The maximum atomic E-state index is 13.6. The Morgan fingerprint density at radius 3 is 2.48 bits per heavy atom. The second kappa shape index (κ2) is 7.25. The Kier molecular flexibility index (Phi) is 4.75. The number of halogens is 2. The van der Waals surface area contributed by atoms with Gasteiger partial charge in [-0.25, -0.2) is 27.2 Å². The normalized spacial score (nSPS) is 11.7. The first-order valence-corrected chi connectivity index (χ1v) is 10.4. The standard InChI is InChI=1S/C20H15F2N3O3S/c1-29(26,27)19-8-15(22)4-7-18(19)13-9-23-20-24-16(11-25(20)10-13)12-28-17-5-2-14(21)3-6-17/h2-11H,12H2,1H3. The molecule has 2 aromatic carbocycles. The summed E-state index contributed by atoms with van der Waals surface area (Å²) in [7, 11) is -3.63. The fourth-order valence-electron chi connectivity index (χ4n) is 2.87. The molecule has 4 rings (SSSR count).